The Balaban J connectivity index is 1.36. The molecule has 1 fully saturated rings. The quantitative estimate of drug-likeness (QED) is 0.725. The van der Waals surface area contributed by atoms with Gasteiger partial charge in [-0.15, -0.1) is 0 Å². The predicted molar refractivity (Wildman–Crippen MR) is 120 cm³/mol. The summed E-state index contributed by atoms with van der Waals surface area (Å²) in [4.78, 5) is 26.6. The first-order valence-electron chi connectivity index (χ1n) is 10.9. The summed E-state index contributed by atoms with van der Waals surface area (Å²) in [6, 6.07) is 14.1. The van der Waals surface area contributed by atoms with Gasteiger partial charge in [-0.3, -0.25) is 9.59 Å². The van der Waals surface area contributed by atoms with E-state index >= 15 is 0 Å². The minimum atomic E-state index is -0.520. The number of ketones is 2. The Morgan fingerprint density at radius 3 is 2.61 bits per heavy atom. The number of hydrogen-bond donors (Lipinski definition) is 1. The van der Waals surface area contributed by atoms with Crippen LogP contribution < -0.4 is 4.74 Å². The van der Waals surface area contributed by atoms with Crippen LogP contribution in [0.25, 0.3) is 6.08 Å². The molecule has 0 radical (unpaired) electrons. The SMILES string of the molecule is Cc1ccc(CCN2CCC3(CC2)CC(=O)c2cc(/C=C/C(=O)CO)ccc2O3)cc1. The number of carbonyl (C=O) groups is 2. The standard InChI is InChI=1S/C26H29NO4/c1-19-2-4-20(5-3-19)10-13-27-14-11-26(12-15-27)17-24(30)23-16-21(6-8-22(29)18-28)7-9-25(23)31-26/h2-9,16,28H,10-15,17-18H2,1H3/b8-6+. The molecule has 2 aliphatic heterocycles. The van der Waals surface area contributed by atoms with Crippen LogP contribution in [-0.2, 0) is 11.2 Å². The molecule has 2 aliphatic rings. The molecule has 1 spiro atoms. The number of piperidine rings is 1. The molecule has 1 N–H and O–H groups in total. The summed E-state index contributed by atoms with van der Waals surface area (Å²) in [6.07, 6.45) is 6.06. The molecule has 2 aromatic carbocycles. The Bertz CT molecular complexity index is 985. The van der Waals surface area contributed by atoms with Gasteiger partial charge in [-0.05, 0) is 42.7 Å². The number of fused-ring (bicyclic) bond motifs is 1. The Kier molecular flexibility index (Phi) is 6.35. The normalized spacial score (nSPS) is 18.2. The monoisotopic (exact) mass is 419 g/mol. The van der Waals surface area contributed by atoms with Crippen molar-refractivity contribution in [2.45, 2.75) is 38.2 Å². The third kappa shape index (κ3) is 5.12. The van der Waals surface area contributed by atoms with Gasteiger partial charge in [-0.25, -0.2) is 0 Å². The highest BCUT2D eigenvalue weighted by molar-refractivity contribution is 6.01. The lowest BCUT2D eigenvalue weighted by atomic mass is 9.82. The number of aryl methyl sites for hydroxylation is 1. The summed E-state index contributed by atoms with van der Waals surface area (Å²) in [6.45, 7) is 4.46. The molecule has 0 aromatic heterocycles. The van der Waals surface area contributed by atoms with E-state index in [2.05, 4.69) is 36.1 Å². The molecule has 0 unspecified atom stereocenters. The lowest BCUT2D eigenvalue weighted by Crippen LogP contribution is -2.51. The molecule has 4 rings (SSSR count). The first-order valence-corrected chi connectivity index (χ1v) is 10.9. The maximum Gasteiger partial charge on any atom is 0.181 e. The Hall–Kier alpha value is -2.76. The number of carbonyl (C=O) groups excluding carboxylic acids is 2. The van der Waals surface area contributed by atoms with Crippen LogP contribution in [0.15, 0.2) is 48.5 Å². The number of nitrogens with zero attached hydrogens (tertiary/aromatic N) is 1. The van der Waals surface area contributed by atoms with Crippen LogP contribution in [0.1, 0.15) is 46.3 Å². The Morgan fingerprint density at radius 2 is 1.90 bits per heavy atom. The maximum atomic E-state index is 12.9. The molecule has 2 heterocycles. The Labute approximate surface area is 183 Å². The van der Waals surface area contributed by atoms with E-state index < -0.39 is 12.2 Å². The number of benzene rings is 2. The molecule has 0 saturated carbocycles. The van der Waals surface area contributed by atoms with Crippen molar-refractivity contribution in [3.05, 3.63) is 70.8 Å². The van der Waals surface area contributed by atoms with E-state index in [-0.39, 0.29) is 11.6 Å². The second kappa shape index (κ2) is 9.16. The van der Waals surface area contributed by atoms with Gasteiger partial charge in [0.15, 0.2) is 11.6 Å². The summed E-state index contributed by atoms with van der Waals surface area (Å²) in [5.41, 5.74) is 3.55. The van der Waals surface area contributed by atoms with Gasteiger partial charge < -0.3 is 14.7 Å². The molecule has 0 aliphatic carbocycles. The number of aliphatic hydroxyl groups excluding tert-OH is 1. The van der Waals surface area contributed by atoms with Crippen LogP contribution in [0.4, 0.5) is 0 Å². The highest BCUT2D eigenvalue weighted by Gasteiger charge is 2.42. The van der Waals surface area contributed by atoms with E-state index in [0.717, 1.165) is 44.5 Å². The third-order valence-electron chi connectivity index (χ3n) is 6.34. The fraction of sp³-hybridized carbons (Fsp3) is 0.385. The van der Waals surface area contributed by atoms with Gasteiger partial charge in [0.1, 0.15) is 18.0 Å². The molecular formula is C26H29NO4. The zero-order valence-electron chi connectivity index (χ0n) is 18.0. The van der Waals surface area contributed by atoms with Crippen LogP contribution in [0, 0.1) is 6.92 Å². The molecule has 5 nitrogen and oxygen atoms in total. The highest BCUT2D eigenvalue weighted by Crippen LogP contribution is 2.39. The van der Waals surface area contributed by atoms with Gasteiger partial charge >= 0.3 is 0 Å². The van der Waals surface area contributed by atoms with Gasteiger partial charge in [0.25, 0.3) is 0 Å². The van der Waals surface area contributed by atoms with Crippen molar-refractivity contribution >= 4 is 17.6 Å². The van der Waals surface area contributed by atoms with Crippen molar-refractivity contribution in [3.63, 3.8) is 0 Å². The summed E-state index contributed by atoms with van der Waals surface area (Å²) >= 11 is 0. The van der Waals surface area contributed by atoms with Crippen molar-refractivity contribution < 1.29 is 19.4 Å². The Morgan fingerprint density at radius 1 is 1.16 bits per heavy atom. The van der Waals surface area contributed by atoms with Gasteiger partial charge in [-0.1, -0.05) is 42.0 Å². The van der Waals surface area contributed by atoms with Crippen LogP contribution >= 0.6 is 0 Å². The maximum absolute atomic E-state index is 12.9. The smallest absolute Gasteiger partial charge is 0.181 e. The minimum Gasteiger partial charge on any atom is -0.486 e. The summed E-state index contributed by atoms with van der Waals surface area (Å²) < 4.78 is 6.38. The molecule has 5 heteroatoms. The largest absolute Gasteiger partial charge is 0.486 e. The summed E-state index contributed by atoms with van der Waals surface area (Å²) in [7, 11) is 0. The summed E-state index contributed by atoms with van der Waals surface area (Å²) in [5.74, 6) is 0.362. The summed E-state index contributed by atoms with van der Waals surface area (Å²) in [5, 5.41) is 8.83. The lowest BCUT2D eigenvalue weighted by Gasteiger charge is -2.44. The first kappa shape index (κ1) is 21.5. The topological polar surface area (TPSA) is 66.8 Å². The number of hydrogen-bond acceptors (Lipinski definition) is 5. The van der Waals surface area contributed by atoms with Gasteiger partial charge in [0.2, 0.25) is 0 Å². The van der Waals surface area contributed by atoms with Crippen molar-refractivity contribution in [1.82, 2.24) is 4.90 Å². The van der Waals surface area contributed by atoms with E-state index in [0.29, 0.717) is 17.7 Å². The van der Waals surface area contributed by atoms with Crippen LogP contribution in [0.5, 0.6) is 5.75 Å². The fourth-order valence-corrected chi connectivity index (χ4v) is 4.36. The number of ether oxygens (including phenoxy) is 1. The molecule has 31 heavy (non-hydrogen) atoms. The number of Topliss-reactive ketones (excluding diaryl/α,β-unsaturated/α-hetero) is 1. The highest BCUT2D eigenvalue weighted by atomic mass is 16.5. The van der Waals surface area contributed by atoms with E-state index in [4.69, 9.17) is 9.84 Å². The minimum absolute atomic E-state index is 0.0955. The average molecular weight is 420 g/mol. The molecular weight excluding hydrogens is 390 g/mol. The van der Waals surface area contributed by atoms with E-state index in [1.54, 1.807) is 12.1 Å². The molecule has 0 amide bonds. The van der Waals surface area contributed by atoms with Crippen molar-refractivity contribution in [3.8, 4) is 5.75 Å². The van der Waals surface area contributed by atoms with Crippen molar-refractivity contribution in [2.75, 3.05) is 26.2 Å². The molecule has 162 valence electrons. The number of likely N-dealkylation sites (tertiary alicyclic amines) is 1. The van der Waals surface area contributed by atoms with Gasteiger partial charge in [0, 0.05) is 32.5 Å². The second-order valence-corrected chi connectivity index (χ2v) is 8.68. The zero-order valence-corrected chi connectivity index (χ0v) is 18.0. The van der Waals surface area contributed by atoms with Gasteiger partial charge in [0.05, 0.1) is 12.0 Å². The number of rotatable bonds is 6. The van der Waals surface area contributed by atoms with Crippen molar-refractivity contribution in [1.29, 1.82) is 0 Å². The van der Waals surface area contributed by atoms with Crippen LogP contribution in [0.2, 0.25) is 0 Å². The molecule has 1 saturated heterocycles. The predicted octanol–water partition coefficient (Wildman–Crippen LogP) is 3.61. The third-order valence-corrected chi connectivity index (χ3v) is 6.34. The molecule has 0 bridgehead atoms. The second-order valence-electron chi connectivity index (χ2n) is 8.68. The van der Waals surface area contributed by atoms with Crippen LogP contribution in [-0.4, -0.2) is 53.4 Å². The van der Waals surface area contributed by atoms with Crippen molar-refractivity contribution in [2.24, 2.45) is 0 Å². The first-order chi connectivity index (χ1) is 15.0. The zero-order chi connectivity index (χ0) is 21.8. The van der Waals surface area contributed by atoms with Crippen LogP contribution in [0.3, 0.4) is 0 Å². The number of aliphatic hydroxyl groups is 1. The van der Waals surface area contributed by atoms with E-state index in [1.807, 2.05) is 12.1 Å². The van der Waals surface area contributed by atoms with E-state index in [1.165, 1.54) is 17.2 Å². The molecule has 2 aromatic rings. The fourth-order valence-electron chi connectivity index (χ4n) is 4.36. The molecule has 0 atom stereocenters. The average Bonchev–Trinajstić information content (AvgIpc) is 2.78. The van der Waals surface area contributed by atoms with Gasteiger partial charge in [-0.2, -0.15) is 0 Å². The van der Waals surface area contributed by atoms with E-state index in [9.17, 15) is 9.59 Å². The lowest BCUT2D eigenvalue weighted by molar-refractivity contribution is -0.117.